The molecule has 0 saturated heterocycles. The number of benzene rings is 1. The number of rotatable bonds is 7. The number of hydrazone groups is 1. The highest BCUT2D eigenvalue weighted by Crippen LogP contribution is 2.28. The van der Waals surface area contributed by atoms with Crippen LogP contribution in [0.2, 0.25) is 0 Å². The summed E-state index contributed by atoms with van der Waals surface area (Å²) in [5.74, 6) is 1.52. The first-order valence-corrected chi connectivity index (χ1v) is 8.51. The van der Waals surface area contributed by atoms with Crippen molar-refractivity contribution in [2.45, 2.75) is 40.0 Å². The van der Waals surface area contributed by atoms with Crippen LogP contribution in [0.25, 0.3) is 0 Å². The average molecular weight is 359 g/mol. The number of anilines is 1. The normalized spacial score (nSPS) is 11.6. The van der Waals surface area contributed by atoms with Crippen molar-refractivity contribution in [3.05, 3.63) is 39.8 Å². The molecule has 0 radical (unpaired) electrons. The van der Waals surface area contributed by atoms with Crippen LogP contribution in [-0.2, 0) is 5.41 Å². The second-order valence-electron chi connectivity index (χ2n) is 6.54. The molecular weight excluding hydrogens is 334 g/mol. The lowest BCUT2D eigenvalue weighted by Gasteiger charge is -2.15. The fraction of sp³-hybridized carbons (Fsp3) is 0.444. The van der Waals surface area contributed by atoms with Gasteiger partial charge in [0.05, 0.1) is 19.4 Å². The summed E-state index contributed by atoms with van der Waals surface area (Å²) in [6.45, 7) is 10.6. The van der Waals surface area contributed by atoms with Crippen LogP contribution in [0, 0.1) is 0 Å². The number of nitrogens with zero attached hydrogens (tertiary/aromatic N) is 3. The molecule has 2 aromatic rings. The van der Waals surface area contributed by atoms with Crippen molar-refractivity contribution in [3.8, 4) is 11.5 Å². The Balaban J connectivity index is 2.12. The van der Waals surface area contributed by atoms with Gasteiger partial charge in [0.25, 0.3) is 5.56 Å². The van der Waals surface area contributed by atoms with Gasteiger partial charge in [0.2, 0.25) is 5.95 Å². The van der Waals surface area contributed by atoms with E-state index in [4.69, 9.17) is 9.47 Å². The van der Waals surface area contributed by atoms with Gasteiger partial charge in [-0.3, -0.25) is 9.78 Å². The van der Waals surface area contributed by atoms with Crippen molar-refractivity contribution in [1.82, 2.24) is 15.2 Å². The van der Waals surface area contributed by atoms with Gasteiger partial charge in [-0.05, 0) is 37.6 Å². The van der Waals surface area contributed by atoms with E-state index >= 15 is 0 Å². The second kappa shape index (κ2) is 8.46. The molecule has 2 rings (SSSR count). The second-order valence-corrected chi connectivity index (χ2v) is 6.54. The number of aromatic amines is 1. The van der Waals surface area contributed by atoms with Crippen molar-refractivity contribution >= 4 is 12.2 Å². The molecule has 26 heavy (non-hydrogen) atoms. The van der Waals surface area contributed by atoms with E-state index in [1.807, 2.05) is 52.8 Å². The summed E-state index contributed by atoms with van der Waals surface area (Å²) < 4.78 is 11.1. The van der Waals surface area contributed by atoms with Crippen molar-refractivity contribution in [2.75, 3.05) is 18.6 Å². The highest BCUT2D eigenvalue weighted by atomic mass is 16.5. The molecule has 8 nitrogen and oxygen atoms in total. The first-order valence-electron chi connectivity index (χ1n) is 8.51. The summed E-state index contributed by atoms with van der Waals surface area (Å²) in [6.07, 6.45) is 1.59. The highest BCUT2D eigenvalue weighted by molar-refractivity contribution is 5.81. The van der Waals surface area contributed by atoms with Crippen LogP contribution in [0.4, 0.5) is 5.95 Å². The van der Waals surface area contributed by atoms with Crippen molar-refractivity contribution < 1.29 is 9.47 Å². The summed E-state index contributed by atoms with van der Waals surface area (Å²) in [5.41, 5.74) is 3.20. The van der Waals surface area contributed by atoms with Crippen LogP contribution in [0.5, 0.6) is 11.5 Å². The van der Waals surface area contributed by atoms with Gasteiger partial charge in [0.15, 0.2) is 11.5 Å². The lowest BCUT2D eigenvalue weighted by Crippen LogP contribution is -2.28. The molecule has 0 atom stereocenters. The fourth-order valence-electron chi connectivity index (χ4n) is 2.19. The molecule has 1 aromatic heterocycles. The Kier molecular flexibility index (Phi) is 6.32. The van der Waals surface area contributed by atoms with Gasteiger partial charge in [-0.2, -0.15) is 5.10 Å². The summed E-state index contributed by atoms with van der Waals surface area (Å²) >= 11 is 0. The third-order valence-electron chi connectivity index (χ3n) is 3.36. The molecular formula is C18H25N5O3. The average Bonchev–Trinajstić information content (AvgIpc) is 2.56. The van der Waals surface area contributed by atoms with Gasteiger partial charge in [0.1, 0.15) is 5.69 Å². The summed E-state index contributed by atoms with van der Waals surface area (Å²) in [7, 11) is 0. The van der Waals surface area contributed by atoms with E-state index in [1.165, 1.54) is 0 Å². The van der Waals surface area contributed by atoms with Gasteiger partial charge in [-0.25, -0.2) is 5.43 Å². The summed E-state index contributed by atoms with van der Waals surface area (Å²) in [5, 5.41) is 12.0. The van der Waals surface area contributed by atoms with Crippen LogP contribution in [0.3, 0.4) is 0 Å². The zero-order valence-corrected chi connectivity index (χ0v) is 15.8. The Bertz CT molecular complexity index is 824. The molecule has 8 heteroatoms. The topological polar surface area (TPSA) is 101 Å². The molecule has 0 fully saturated rings. The number of aromatic nitrogens is 3. The highest BCUT2D eigenvalue weighted by Gasteiger charge is 2.20. The maximum Gasteiger partial charge on any atom is 0.274 e. The van der Waals surface area contributed by atoms with Gasteiger partial charge < -0.3 is 9.47 Å². The first-order chi connectivity index (χ1) is 12.3. The third kappa shape index (κ3) is 5.05. The van der Waals surface area contributed by atoms with Gasteiger partial charge in [-0.15, -0.1) is 10.2 Å². The molecule has 0 aliphatic carbocycles. The van der Waals surface area contributed by atoms with Crippen LogP contribution in [-0.4, -0.2) is 34.6 Å². The summed E-state index contributed by atoms with van der Waals surface area (Å²) in [6, 6.07) is 5.52. The molecule has 2 N–H and O–H groups in total. The lowest BCUT2D eigenvalue weighted by molar-refractivity contribution is 0.288. The molecule has 0 aliphatic rings. The van der Waals surface area contributed by atoms with E-state index in [0.717, 1.165) is 5.56 Å². The lowest BCUT2D eigenvalue weighted by atomic mass is 9.93. The zero-order chi connectivity index (χ0) is 19.2. The Morgan fingerprint density at radius 2 is 1.85 bits per heavy atom. The molecule has 0 aliphatic heterocycles. The molecule has 0 saturated carbocycles. The van der Waals surface area contributed by atoms with Crippen LogP contribution >= 0.6 is 0 Å². The van der Waals surface area contributed by atoms with Crippen molar-refractivity contribution in [2.24, 2.45) is 5.10 Å². The van der Waals surface area contributed by atoms with E-state index in [1.54, 1.807) is 6.21 Å². The maximum absolute atomic E-state index is 12.1. The fourth-order valence-corrected chi connectivity index (χ4v) is 2.19. The number of hydrogen-bond acceptors (Lipinski definition) is 7. The van der Waals surface area contributed by atoms with Crippen LogP contribution < -0.4 is 20.5 Å². The van der Waals surface area contributed by atoms with Gasteiger partial charge in [0, 0.05) is 5.41 Å². The van der Waals surface area contributed by atoms with Gasteiger partial charge >= 0.3 is 0 Å². The third-order valence-corrected chi connectivity index (χ3v) is 3.36. The van der Waals surface area contributed by atoms with Crippen molar-refractivity contribution in [3.63, 3.8) is 0 Å². The summed E-state index contributed by atoms with van der Waals surface area (Å²) in [4.78, 5) is 14.7. The maximum atomic E-state index is 12.1. The molecule has 0 bridgehead atoms. The van der Waals surface area contributed by atoms with E-state index in [0.29, 0.717) is 30.4 Å². The van der Waals surface area contributed by atoms with Gasteiger partial charge in [-0.1, -0.05) is 20.8 Å². The standard InChI is InChI=1S/C18H25N5O3/c1-6-25-13-9-8-12(10-14(13)26-7-2)11-19-22-17-20-16(24)15(21-23-17)18(3,4)5/h8-11H,6-7H2,1-5H3,(H2,20,22,23,24)/b19-11+. The van der Waals surface area contributed by atoms with Crippen LogP contribution in [0.15, 0.2) is 28.1 Å². The quantitative estimate of drug-likeness (QED) is 0.582. The first kappa shape index (κ1) is 19.4. The molecule has 0 amide bonds. The molecule has 0 unspecified atom stereocenters. The minimum Gasteiger partial charge on any atom is -0.490 e. The molecule has 1 aromatic carbocycles. The Morgan fingerprint density at radius 3 is 2.46 bits per heavy atom. The smallest absolute Gasteiger partial charge is 0.274 e. The largest absolute Gasteiger partial charge is 0.490 e. The molecule has 0 spiro atoms. The number of hydrogen-bond donors (Lipinski definition) is 2. The van der Waals surface area contributed by atoms with Crippen LogP contribution in [0.1, 0.15) is 45.9 Å². The minimum absolute atomic E-state index is 0.176. The van der Waals surface area contributed by atoms with E-state index in [9.17, 15) is 4.79 Å². The number of H-pyrrole nitrogens is 1. The Morgan fingerprint density at radius 1 is 1.15 bits per heavy atom. The minimum atomic E-state index is -0.375. The SMILES string of the molecule is CCOc1ccc(/C=N/Nc2nnc(C(C)(C)C)c(=O)[nH]2)cc1OCC. The Hall–Kier alpha value is -2.90. The number of ether oxygens (including phenoxy) is 2. The van der Waals surface area contributed by atoms with E-state index in [-0.39, 0.29) is 16.9 Å². The molecule has 140 valence electrons. The monoisotopic (exact) mass is 359 g/mol. The number of nitrogens with one attached hydrogen (secondary N) is 2. The van der Waals surface area contributed by atoms with E-state index < -0.39 is 0 Å². The van der Waals surface area contributed by atoms with Crippen molar-refractivity contribution in [1.29, 1.82) is 0 Å². The Labute approximate surface area is 152 Å². The molecule has 1 heterocycles. The predicted molar refractivity (Wildman–Crippen MR) is 101 cm³/mol. The van der Waals surface area contributed by atoms with E-state index in [2.05, 4.69) is 25.7 Å². The zero-order valence-electron chi connectivity index (χ0n) is 15.8. The predicted octanol–water partition coefficient (Wildman–Crippen LogP) is 2.71.